The monoisotopic (exact) mass is 531 g/mol. The number of thiazole rings is 1. The van der Waals surface area contributed by atoms with Gasteiger partial charge in [-0.25, -0.2) is 19.4 Å². The van der Waals surface area contributed by atoms with Gasteiger partial charge >= 0.3 is 5.97 Å². The number of carbonyl (C=O) groups excluding carboxylic acids is 2. The normalized spacial score (nSPS) is 17.6. The van der Waals surface area contributed by atoms with Crippen LogP contribution in [0.15, 0.2) is 48.8 Å². The number of amides is 1. The number of benzene rings is 1. The first-order valence-corrected chi connectivity index (χ1v) is 14.1. The molecular formula is C29H33N5O3S. The number of hydrogen-bond donors (Lipinski definition) is 0. The Morgan fingerprint density at radius 2 is 1.87 bits per heavy atom. The van der Waals surface area contributed by atoms with Gasteiger partial charge in [-0.15, -0.1) is 16.4 Å². The van der Waals surface area contributed by atoms with Crippen molar-refractivity contribution in [1.82, 2.24) is 19.7 Å². The topological polar surface area (TPSA) is 90.2 Å². The Morgan fingerprint density at radius 1 is 1.13 bits per heavy atom. The van der Waals surface area contributed by atoms with Crippen LogP contribution in [0.3, 0.4) is 0 Å². The molecule has 8 nitrogen and oxygen atoms in total. The molecule has 0 spiro atoms. The number of aromatic nitrogens is 4. The van der Waals surface area contributed by atoms with Crippen LogP contribution in [0.25, 0.3) is 26.6 Å². The average Bonchev–Trinajstić information content (AvgIpc) is 3.54. The van der Waals surface area contributed by atoms with E-state index in [1.54, 1.807) is 40.2 Å². The molecule has 0 saturated heterocycles. The molecule has 38 heavy (non-hydrogen) atoms. The molecule has 1 aliphatic rings. The molecule has 0 N–H and O–H groups in total. The lowest BCUT2D eigenvalue weighted by atomic mass is 9.82. The lowest BCUT2D eigenvalue weighted by molar-refractivity contribution is -0.124. The molecule has 1 saturated carbocycles. The van der Waals surface area contributed by atoms with Crippen molar-refractivity contribution in [2.24, 2.45) is 11.8 Å². The number of rotatable bonds is 7. The second-order valence-electron chi connectivity index (χ2n) is 10.2. The molecule has 1 amide bonds. The largest absolute Gasteiger partial charge is 0.462 e. The van der Waals surface area contributed by atoms with Crippen molar-refractivity contribution in [3.05, 3.63) is 54.4 Å². The molecule has 4 aromatic rings. The van der Waals surface area contributed by atoms with Crippen molar-refractivity contribution >= 4 is 39.4 Å². The van der Waals surface area contributed by atoms with Crippen molar-refractivity contribution in [3.63, 3.8) is 0 Å². The van der Waals surface area contributed by atoms with Crippen molar-refractivity contribution in [2.45, 2.75) is 59.4 Å². The number of fused-ring (bicyclic) bond motifs is 1. The van der Waals surface area contributed by atoms with E-state index in [-0.39, 0.29) is 24.5 Å². The van der Waals surface area contributed by atoms with Gasteiger partial charge in [-0.1, -0.05) is 6.92 Å². The van der Waals surface area contributed by atoms with Crippen LogP contribution in [0.1, 0.15) is 63.7 Å². The second kappa shape index (κ2) is 11.0. The standard InChI is InChI=1S/C29H33N5O3S/c1-5-37-29(36)23-17-33(32-26(23)34(18(2)3)28(35)21-10-8-19(4)9-11-21)22-14-12-20(13-15-22)27-31-25-24(38-27)7-6-16-30-25/h6-7,12-19,21H,5,8-11H2,1-4H3/t19-,21-. The van der Waals surface area contributed by atoms with Crippen LogP contribution in [-0.2, 0) is 9.53 Å². The summed E-state index contributed by atoms with van der Waals surface area (Å²) in [6, 6.07) is 11.6. The summed E-state index contributed by atoms with van der Waals surface area (Å²) in [7, 11) is 0. The molecule has 1 aliphatic carbocycles. The molecule has 0 atom stereocenters. The first-order valence-electron chi connectivity index (χ1n) is 13.3. The molecule has 3 aromatic heterocycles. The third-order valence-corrected chi connectivity index (χ3v) is 8.14. The summed E-state index contributed by atoms with van der Waals surface area (Å²) < 4.78 is 8.03. The molecule has 1 fully saturated rings. The lowest BCUT2D eigenvalue weighted by Crippen LogP contribution is -2.43. The molecular weight excluding hydrogens is 498 g/mol. The Balaban J connectivity index is 1.48. The van der Waals surface area contributed by atoms with E-state index in [9.17, 15) is 9.59 Å². The van der Waals surface area contributed by atoms with Gasteiger partial charge in [-0.2, -0.15) is 0 Å². The van der Waals surface area contributed by atoms with E-state index in [0.717, 1.165) is 52.3 Å². The van der Waals surface area contributed by atoms with E-state index >= 15 is 0 Å². The Kier molecular flexibility index (Phi) is 7.56. The van der Waals surface area contributed by atoms with Gasteiger partial charge in [0.2, 0.25) is 5.91 Å². The smallest absolute Gasteiger partial charge is 0.343 e. The highest BCUT2D eigenvalue weighted by Crippen LogP contribution is 2.34. The van der Waals surface area contributed by atoms with Crippen molar-refractivity contribution in [3.8, 4) is 16.3 Å². The van der Waals surface area contributed by atoms with Crippen molar-refractivity contribution in [2.75, 3.05) is 11.5 Å². The first-order chi connectivity index (χ1) is 18.4. The van der Waals surface area contributed by atoms with E-state index in [2.05, 4.69) is 16.9 Å². The van der Waals surface area contributed by atoms with E-state index in [1.807, 2.05) is 50.2 Å². The van der Waals surface area contributed by atoms with Crippen molar-refractivity contribution in [1.29, 1.82) is 0 Å². The van der Waals surface area contributed by atoms with Crippen LogP contribution in [0, 0.1) is 11.8 Å². The van der Waals surface area contributed by atoms with Gasteiger partial charge in [0.25, 0.3) is 0 Å². The lowest BCUT2D eigenvalue weighted by Gasteiger charge is -2.32. The number of carbonyl (C=O) groups is 2. The minimum Gasteiger partial charge on any atom is -0.462 e. The fourth-order valence-electron chi connectivity index (χ4n) is 4.98. The van der Waals surface area contributed by atoms with E-state index < -0.39 is 5.97 Å². The number of ether oxygens (including phenoxy) is 1. The highest BCUT2D eigenvalue weighted by atomic mass is 32.1. The van der Waals surface area contributed by atoms with Gasteiger partial charge in [0.05, 0.1) is 17.0 Å². The molecule has 9 heteroatoms. The van der Waals surface area contributed by atoms with E-state index in [1.165, 1.54) is 0 Å². The third-order valence-electron chi connectivity index (χ3n) is 7.08. The zero-order chi connectivity index (χ0) is 26.8. The Morgan fingerprint density at radius 3 is 2.53 bits per heavy atom. The highest BCUT2D eigenvalue weighted by molar-refractivity contribution is 7.21. The molecule has 0 unspecified atom stereocenters. The number of esters is 1. The summed E-state index contributed by atoms with van der Waals surface area (Å²) >= 11 is 1.59. The summed E-state index contributed by atoms with van der Waals surface area (Å²) in [5.74, 6) is 0.480. The predicted molar refractivity (Wildman–Crippen MR) is 150 cm³/mol. The zero-order valence-corrected chi connectivity index (χ0v) is 23.1. The van der Waals surface area contributed by atoms with E-state index in [0.29, 0.717) is 17.3 Å². The van der Waals surface area contributed by atoms with E-state index in [4.69, 9.17) is 9.84 Å². The molecule has 5 rings (SSSR count). The number of hydrogen-bond acceptors (Lipinski definition) is 7. The van der Waals surface area contributed by atoms with Crippen LogP contribution in [0.5, 0.6) is 0 Å². The summed E-state index contributed by atoms with van der Waals surface area (Å²) in [5.41, 5.74) is 2.77. The Hall–Kier alpha value is -3.59. The molecule has 0 radical (unpaired) electrons. The maximum atomic E-state index is 13.7. The molecule has 3 heterocycles. The summed E-state index contributed by atoms with van der Waals surface area (Å²) in [4.78, 5) is 37.3. The van der Waals surface area contributed by atoms with Gasteiger partial charge < -0.3 is 4.74 Å². The SMILES string of the molecule is CCOC(=O)c1cn(-c2ccc(-c3nc4ncccc4s3)cc2)nc1N(C(=O)[C@H]1CC[C@H](C)CC1)C(C)C. The van der Waals surface area contributed by atoms with Gasteiger partial charge in [0.1, 0.15) is 10.6 Å². The Labute approximate surface area is 226 Å². The zero-order valence-electron chi connectivity index (χ0n) is 22.3. The van der Waals surface area contributed by atoms with Crippen LogP contribution >= 0.6 is 11.3 Å². The molecule has 1 aromatic carbocycles. The minimum atomic E-state index is -0.483. The van der Waals surface area contributed by atoms with Gasteiger partial charge in [-0.3, -0.25) is 9.69 Å². The summed E-state index contributed by atoms with van der Waals surface area (Å²) in [5, 5.41) is 5.66. The predicted octanol–water partition coefficient (Wildman–Crippen LogP) is 6.29. The third kappa shape index (κ3) is 5.20. The molecule has 198 valence electrons. The fraction of sp³-hybridized carbons (Fsp3) is 0.414. The Bertz CT molecular complexity index is 1400. The minimum absolute atomic E-state index is 0.0301. The van der Waals surface area contributed by atoms with Crippen LogP contribution in [0.4, 0.5) is 5.82 Å². The maximum Gasteiger partial charge on any atom is 0.343 e. The van der Waals surface area contributed by atoms with Crippen LogP contribution in [-0.4, -0.2) is 44.3 Å². The quantitative estimate of drug-likeness (QED) is 0.260. The first kappa shape index (κ1) is 26.0. The van der Waals surface area contributed by atoms with Crippen LogP contribution in [0.2, 0.25) is 0 Å². The maximum absolute atomic E-state index is 13.7. The van der Waals surface area contributed by atoms with Gasteiger partial charge in [0.15, 0.2) is 11.5 Å². The summed E-state index contributed by atoms with van der Waals surface area (Å²) in [6.07, 6.45) is 7.21. The highest BCUT2D eigenvalue weighted by Gasteiger charge is 2.34. The second-order valence-corrected chi connectivity index (χ2v) is 11.2. The average molecular weight is 532 g/mol. The molecule has 0 aliphatic heterocycles. The number of anilines is 1. The van der Waals surface area contributed by atoms with Gasteiger partial charge in [-0.05, 0) is 88.8 Å². The number of pyridine rings is 1. The van der Waals surface area contributed by atoms with Crippen molar-refractivity contribution < 1.29 is 14.3 Å². The number of nitrogens with zero attached hydrogens (tertiary/aromatic N) is 5. The summed E-state index contributed by atoms with van der Waals surface area (Å²) in [6.45, 7) is 8.16. The fourth-order valence-corrected chi connectivity index (χ4v) is 5.91. The van der Waals surface area contributed by atoms with Crippen LogP contribution < -0.4 is 4.90 Å². The molecule has 0 bridgehead atoms. The van der Waals surface area contributed by atoms with Gasteiger partial charge in [0, 0.05) is 29.9 Å².